The highest BCUT2D eigenvalue weighted by Crippen LogP contribution is 2.09. The molecule has 0 aliphatic rings. The standard InChI is InChI=1S/C15H28N4O2/c1-4-16-11-14-12-17-13-15(18-14)19(7-9-20-5-2)8-10-21-6-3/h12-13,16H,4-11H2,1-3H3. The van der Waals surface area contributed by atoms with Crippen LogP contribution in [0, 0.1) is 0 Å². The Labute approximate surface area is 127 Å². The van der Waals surface area contributed by atoms with Crippen LogP contribution in [0.5, 0.6) is 0 Å². The monoisotopic (exact) mass is 296 g/mol. The Morgan fingerprint density at radius 1 is 1.05 bits per heavy atom. The summed E-state index contributed by atoms with van der Waals surface area (Å²) in [5, 5.41) is 3.26. The van der Waals surface area contributed by atoms with E-state index in [4.69, 9.17) is 9.47 Å². The average Bonchev–Trinajstić information content (AvgIpc) is 2.52. The van der Waals surface area contributed by atoms with Gasteiger partial charge < -0.3 is 19.7 Å². The molecular formula is C15H28N4O2. The van der Waals surface area contributed by atoms with Gasteiger partial charge in [0.1, 0.15) is 5.82 Å². The van der Waals surface area contributed by atoms with Crippen molar-refractivity contribution in [3.8, 4) is 0 Å². The molecule has 0 amide bonds. The molecule has 0 bridgehead atoms. The van der Waals surface area contributed by atoms with Gasteiger partial charge in [-0.15, -0.1) is 0 Å². The third kappa shape index (κ3) is 7.36. The van der Waals surface area contributed by atoms with Gasteiger partial charge in [0.25, 0.3) is 0 Å². The summed E-state index contributed by atoms with van der Waals surface area (Å²) >= 11 is 0. The maximum atomic E-state index is 5.44. The van der Waals surface area contributed by atoms with Gasteiger partial charge in [0.2, 0.25) is 0 Å². The van der Waals surface area contributed by atoms with E-state index in [9.17, 15) is 0 Å². The first-order valence-electron chi connectivity index (χ1n) is 7.73. The fraction of sp³-hybridized carbons (Fsp3) is 0.733. The molecule has 1 heterocycles. The van der Waals surface area contributed by atoms with Crippen molar-refractivity contribution in [2.75, 3.05) is 51.0 Å². The minimum atomic E-state index is 0.682. The van der Waals surface area contributed by atoms with Gasteiger partial charge in [-0.3, -0.25) is 4.98 Å². The fourth-order valence-electron chi connectivity index (χ4n) is 1.86. The van der Waals surface area contributed by atoms with Gasteiger partial charge in [-0.05, 0) is 20.4 Å². The van der Waals surface area contributed by atoms with Gasteiger partial charge in [-0.1, -0.05) is 6.92 Å². The van der Waals surface area contributed by atoms with Crippen LogP contribution < -0.4 is 10.2 Å². The molecule has 1 N–H and O–H groups in total. The minimum Gasteiger partial charge on any atom is -0.380 e. The summed E-state index contributed by atoms with van der Waals surface area (Å²) in [6.45, 7) is 12.1. The van der Waals surface area contributed by atoms with Crippen LogP contribution in [0.3, 0.4) is 0 Å². The second-order valence-corrected chi connectivity index (χ2v) is 4.53. The molecule has 0 aliphatic heterocycles. The smallest absolute Gasteiger partial charge is 0.147 e. The highest BCUT2D eigenvalue weighted by atomic mass is 16.5. The normalized spacial score (nSPS) is 10.8. The first-order chi connectivity index (χ1) is 10.3. The first-order valence-corrected chi connectivity index (χ1v) is 7.73. The van der Waals surface area contributed by atoms with E-state index in [-0.39, 0.29) is 0 Å². The summed E-state index contributed by atoms with van der Waals surface area (Å²) < 4.78 is 10.9. The quantitative estimate of drug-likeness (QED) is 0.589. The van der Waals surface area contributed by atoms with Crippen molar-refractivity contribution >= 4 is 5.82 Å². The Hall–Kier alpha value is -1.24. The molecule has 0 unspecified atom stereocenters. The Morgan fingerprint density at radius 3 is 2.29 bits per heavy atom. The Morgan fingerprint density at radius 2 is 1.71 bits per heavy atom. The molecule has 1 aromatic rings. The first kappa shape index (κ1) is 17.8. The number of aromatic nitrogens is 2. The van der Waals surface area contributed by atoms with Gasteiger partial charge >= 0.3 is 0 Å². The minimum absolute atomic E-state index is 0.682. The Bertz CT molecular complexity index is 366. The molecule has 0 aromatic carbocycles. The van der Waals surface area contributed by atoms with Crippen LogP contribution >= 0.6 is 0 Å². The van der Waals surface area contributed by atoms with E-state index in [2.05, 4.69) is 27.1 Å². The van der Waals surface area contributed by atoms with Crippen LogP contribution in [0.15, 0.2) is 12.4 Å². The second-order valence-electron chi connectivity index (χ2n) is 4.53. The number of nitrogens with zero attached hydrogens (tertiary/aromatic N) is 3. The zero-order chi connectivity index (χ0) is 15.3. The molecule has 120 valence electrons. The molecule has 0 saturated carbocycles. The number of rotatable bonds is 12. The summed E-state index contributed by atoms with van der Waals surface area (Å²) in [5.74, 6) is 0.879. The number of anilines is 1. The van der Waals surface area contributed by atoms with Crippen molar-refractivity contribution < 1.29 is 9.47 Å². The fourth-order valence-corrected chi connectivity index (χ4v) is 1.86. The Balaban J connectivity index is 2.65. The van der Waals surface area contributed by atoms with Gasteiger partial charge in [0.15, 0.2) is 0 Å². The zero-order valence-electron chi connectivity index (χ0n) is 13.5. The van der Waals surface area contributed by atoms with E-state index in [1.54, 1.807) is 12.4 Å². The molecule has 0 aliphatic carbocycles. The third-order valence-electron chi connectivity index (χ3n) is 2.97. The maximum Gasteiger partial charge on any atom is 0.147 e. The lowest BCUT2D eigenvalue weighted by atomic mass is 10.4. The molecule has 1 aromatic heterocycles. The largest absolute Gasteiger partial charge is 0.380 e. The molecule has 0 fully saturated rings. The van der Waals surface area contributed by atoms with Crippen molar-refractivity contribution in [3.05, 3.63) is 18.1 Å². The molecular weight excluding hydrogens is 268 g/mol. The number of hydrogen-bond donors (Lipinski definition) is 1. The molecule has 0 atom stereocenters. The van der Waals surface area contributed by atoms with Gasteiger partial charge in [-0.25, -0.2) is 4.98 Å². The van der Waals surface area contributed by atoms with Crippen LogP contribution in [0.2, 0.25) is 0 Å². The lowest BCUT2D eigenvalue weighted by Crippen LogP contribution is -2.32. The molecule has 0 radical (unpaired) electrons. The van der Waals surface area contributed by atoms with Crippen LogP contribution in [0.4, 0.5) is 5.82 Å². The highest BCUT2D eigenvalue weighted by molar-refractivity contribution is 5.36. The van der Waals surface area contributed by atoms with E-state index in [1.807, 2.05) is 13.8 Å². The zero-order valence-corrected chi connectivity index (χ0v) is 13.5. The lowest BCUT2D eigenvalue weighted by molar-refractivity contribution is 0.141. The molecule has 6 heteroatoms. The Kier molecular flexibility index (Phi) is 9.69. The highest BCUT2D eigenvalue weighted by Gasteiger charge is 2.09. The van der Waals surface area contributed by atoms with Gasteiger partial charge in [-0.2, -0.15) is 0 Å². The maximum absolute atomic E-state index is 5.44. The van der Waals surface area contributed by atoms with Crippen molar-refractivity contribution in [2.24, 2.45) is 0 Å². The van der Waals surface area contributed by atoms with Crippen molar-refractivity contribution in [1.29, 1.82) is 0 Å². The SMILES string of the molecule is CCNCc1cncc(N(CCOCC)CCOCC)n1. The number of ether oxygens (including phenoxy) is 2. The van der Waals surface area contributed by atoms with Gasteiger partial charge in [0.05, 0.1) is 25.1 Å². The van der Waals surface area contributed by atoms with Crippen molar-refractivity contribution in [2.45, 2.75) is 27.3 Å². The molecule has 0 spiro atoms. The van der Waals surface area contributed by atoms with E-state index in [0.717, 1.165) is 50.9 Å². The summed E-state index contributed by atoms with van der Waals surface area (Å²) in [7, 11) is 0. The van der Waals surface area contributed by atoms with Crippen LogP contribution in [0.25, 0.3) is 0 Å². The average molecular weight is 296 g/mol. The topological polar surface area (TPSA) is 59.5 Å². The summed E-state index contributed by atoms with van der Waals surface area (Å²) in [5.41, 5.74) is 0.951. The lowest BCUT2D eigenvalue weighted by Gasteiger charge is -2.23. The number of nitrogens with one attached hydrogen (secondary N) is 1. The molecule has 1 rings (SSSR count). The molecule has 21 heavy (non-hydrogen) atoms. The molecule has 6 nitrogen and oxygen atoms in total. The third-order valence-corrected chi connectivity index (χ3v) is 2.97. The predicted molar refractivity (Wildman–Crippen MR) is 84.6 cm³/mol. The predicted octanol–water partition coefficient (Wildman–Crippen LogP) is 1.47. The van der Waals surface area contributed by atoms with E-state index in [1.165, 1.54) is 0 Å². The summed E-state index contributed by atoms with van der Waals surface area (Å²) in [6.07, 6.45) is 3.60. The van der Waals surface area contributed by atoms with Crippen LogP contribution in [0.1, 0.15) is 26.5 Å². The van der Waals surface area contributed by atoms with E-state index >= 15 is 0 Å². The summed E-state index contributed by atoms with van der Waals surface area (Å²) in [6, 6.07) is 0. The second kappa shape index (κ2) is 11.4. The van der Waals surface area contributed by atoms with E-state index in [0.29, 0.717) is 13.2 Å². The van der Waals surface area contributed by atoms with Crippen LogP contribution in [-0.4, -0.2) is 56.0 Å². The van der Waals surface area contributed by atoms with E-state index < -0.39 is 0 Å². The number of hydrogen-bond acceptors (Lipinski definition) is 6. The van der Waals surface area contributed by atoms with Crippen LogP contribution in [-0.2, 0) is 16.0 Å². The van der Waals surface area contributed by atoms with Gasteiger partial charge in [0, 0.05) is 39.0 Å². The molecule has 0 saturated heterocycles. The van der Waals surface area contributed by atoms with Crippen molar-refractivity contribution in [3.63, 3.8) is 0 Å². The summed E-state index contributed by atoms with van der Waals surface area (Å²) in [4.78, 5) is 11.1. The van der Waals surface area contributed by atoms with Crippen molar-refractivity contribution in [1.82, 2.24) is 15.3 Å².